The van der Waals surface area contributed by atoms with E-state index in [1.165, 1.54) is 9.80 Å². The molecule has 2 aliphatic rings. The molecule has 4 amide bonds. The monoisotopic (exact) mass is 396 g/mol. The first kappa shape index (κ1) is 21.8. The lowest BCUT2D eigenvalue weighted by molar-refractivity contribution is -0.139. The number of imide groups is 2. The third kappa shape index (κ3) is 4.84. The van der Waals surface area contributed by atoms with Gasteiger partial charge in [0.2, 0.25) is 23.6 Å². The van der Waals surface area contributed by atoms with E-state index in [0.717, 1.165) is 43.8 Å². The molecule has 152 valence electrons. The molecule has 8 heteroatoms. The molecule has 2 atom stereocenters. The molecule has 27 heavy (non-hydrogen) atoms. The quantitative estimate of drug-likeness (QED) is 0.417. The average Bonchev–Trinajstić information content (AvgIpc) is 3.05. The molecule has 7 nitrogen and oxygen atoms in total. The van der Waals surface area contributed by atoms with Gasteiger partial charge in [0.15, 0.2) is 8.32 Å². The molecule has 2 unspecified atom stereocenters. The summed E-state index contributed by atoms with van der Waals surface area (Å²) in [5.41, 5.74) is 0. The minimum absolute atomic E-state index is 0.0604. The van der Waals surface area contributed by atoms with Crippen LogP contribution in [0, 0.1) is 11.8 Å². The van der Waals surface area contributed by atoms with Crippen molar-refractivity contribution in [3.8, 4) is 0 Å². The SMILES string of the molecule is CC[Si](CCCC1CC(=O)N(C)C1=O)(CCCC1CC(=O)N(C)C1=O)OC. The molecular formula is C19H32N2O5Si. The van der Waals surface area contributed by atoms with Crippen LogP contribution in [0.3, 0.4) is 0 Å². The second-order valence-electron chi connectivity index (χ2n) is 7.91. The van der Waals surface area contributed by atoms with Crippen LogP contribution in [0.5, 0.6) is 0 Å². The summed E-state index contributed by atoms with van der Waals surface area (Å²) in [5.74, 6) is -0.654. The smallest absolute Gasteiger partial charge is 0.232 e. The summed E-state index contributed by atoms with van der Waals surface area (Å²) in [6.45, 7) is 2.14. The van der Waals surface area contributed by atoms with Crippen molar-refractivity contribution in [2.75, 3.05) is 21.2 Å². The van der Waals surface area contributed by atoms with Gasteiger partial charge in [-0.25, -0.2) is 0 Å². The van der Waals surface area contributed by atoms with Crippen LogP contribution < -0.4 is 0 Å². The predicted octanol–water partition coefficient (Wildman–Crippen LogP) is 2.17. The summed E-state index contributed by atoms with van der Waals surface area (Å²) in [4.78, 5) is 49.8. The maximum atomic E-state index is 12.0. The molecule has 2 saturated heterocycles. The summed E-state index contributed by atoms with van der Waals surface area (Å²) >= 11 is 0. The van der Waals surface area contributed by atoms with Gasteiger partial charge >= 0.3 is 0 Å². The zero-order valence-corrected chi connectivity index (χ0v) is 18.0. The molecule has 2 fully saturated rings. The topological polar surface area (TPSA) is 84.0 Å². The second-order valence-corrected chi connectivity index (χ2v) is 12.4. The zero-order chi connectivity index (χ0) is 20.2. The number of rotatable bonds is 10. The van der Waals surface area contributed by atoms with Crippen LogP contribution in [0.4, 0.5) is 0 Å². The highest BCUT2D eigenvalue weighted by atomic mass is 28.4. The van der Waals surface area contributed by atoms with Crippen molar-refractivity contribution in [2.24, 2.45) is 11.8 Å². The van der Waals surface area contributed by atoms with Crippen molar-refractivity contribution in [3.05, 3.63) is 0 Å². The average molecular weight is 397 g/mol. The predicted molar refractivity (Wildman–Crippen MR) is 103 cm³/mol. The maximum Gasteiger partial charge on any atom is 0.232 e. The van der Waals surface area contributed by atoms with Crippen molar-refractivity contribution in [1.29, 1.82) is 0 Å². The van der Waals surface area contributed by atoms with Crippen LogP contribution in [-0.2, 0) is 23.6 Å². The van der Waals surface area contributed by atoms with Gasteiger partial charge in [0.25, 0.3) is 0 Å². The molecular weight excluding hydrogens is 364 g/mol. The molecule has 0 N–H and O–H groups in total. The Balaban J connectivity index is 1.80. The summed E-state index contributed by atoms with van der Waals surface area (Å²) in [6.07, 6.45) is 3.88. The number of likely N-dealkylation sites (tertiary alicyclic amines) is 2. The number of amides is 4. The fourth-order valence-corrected chi connectivity index (χ4v) is 7.63. The van der Waals surface area contributed by atoms with E-state index in [-0.39, 0.29) is 35.5 Å². The van der Waals surface area contributed by atoms with Crippen LogP contribution >= 0.6 is 0 Å². The Morgan fingerprint density at radius 1 is 0.889 bits per heavy atom. The second kappa shape index (κ2) is 9.10. The normalized spacial score (nSPS) is 25.6. The Kier molecular flexibility index (Phi) is 7.33. The van der Waals surface area contributed by atoms with Crippen LogP contribution in [0.2, 0.25) is 18.1 Å². The van der Waals surface area contributed by atoms with Gasteiger partial charge in [-0.15, -0.1) is 0 Å². The van der Waals surface area contributed by atoms with Crippen molar-refractivity contribution in [3.63, 3.8) is 0 Å². The van der Waals surface area contributed by atoms with Crippen LogP contribution in [0.1, 0.15) is 45.4 Å². The van der Waals surface area contributed by atoms with Gasteiger partial charge in [-0.05, 0) is 31.0 Å². The molecule has 0 aromatic carbocycles. The van der Waals surface area contributed by atoms with E-state index in [1.807, 2.05) is 0 Å². The molecule has 0 saturated carbocycles. The standard InChI is InChI=1S/C19H32N2O5Si/c1-5-27(26-4,10-6-8-14-12-16(22)20(2)18(14)24)11-7-9-15-13-17(23)21(3)19(15)25/h14-15H,5-13H2,1-4H3. The van der Waals surface area contributed by atoms with E-state index in [2.05, 4.69) is 6.92 Å². The number of carbonyl (C=O) groups is 4. The van der Waals surface area contributed by atoms with E-state index in [9.17, 15) is 19.2 Å². The first-order valence-electron chi connectivity index (χ1n) is 9.90. The van der Waals surface area contributed by atoms with Gasteiger partial charge in [-0.3, -0.25) is 29.0 Å². The Morgan fingerprint density at radius 3 is 1.56 bits per heavy atom. The van der Waals surface area contributed by atoms with Gasteiger partial charge in [-0.2, -0.15) is 0 Å². The van der Waals surface area contributed by atoms with Crippen molar-refractivity contribution < 1.29 is 23.6 Å². The van der Waals surface area contributed by atoms with Crippen molar-refractivity contribution in [2.45, 2.75) is 63.6 Å². The lowest BCUT2D eigenvalue weighted by Gasteiger charge is -2.29. The summed E-state index contributed by atoms with van der Waals surface area (Å²) < 4.78 is 5.97. The van der Waals surface area contributed by atoms with Crippen molar-refractivity contribution in [1.82, 2.24) is 9.80 Å². The number of nitrogens with zero attached hydrogens (tertiary/aromatic N) is 2. The lowest BCUT2D eigenvalue weighted by atomic mass is 10.0. The van der Waals surface area contributed by atoms with E-state index < -0.39 is 8.32 Å². The van der Waals surface area contributed by atoms with E-state index in [4.69, 9.17) is 4.43 Å². The van der Waals surface area contributed by atoms with Crippen molar-refractivity contribution >= 4 is 31.9 Å². The number of carbonyl (C=O) groups excluding carboxylic acids is 4. The lowest BCUT2D eigenvalue weighted by Crippen LogP contribution is -2.36. The van der Waals surface area contributed by atoms with E-state index >= 15 is 0 Å². The minimum atomic E-state index is -1.92. The Labute approximate surface area is 162 Å². The molecule has 0 bridgehead atoms. The number of hydrogen-bond donors (Lipinski definition) is 0. The number of hydrogen-bond acceptors (Lipinski definition) is 5. The van der Waals surface area contributed by atoms with Gasteiger partial charge < -0.3 is 4.43 Å². The molecule has 0 aliphatic carbocycles. The molecule has 2 heterocycles. The Bertz CT molecular complexity index is 557. The largest absolute Gasteiger partial charge is 0.420 e. The fraction of sp³-hybridized carbons (Fsp3) is 0.789. The molecule has 2 aliphatic heterocycles. The summed E-state index contributed by atoms with van der Waals surface area (Å²) in [7, 11) is 2.96. The van der Waals surface area contributed by atoms with Gasteiger partial charge in [0, 0.05) is 45.9 Å². The highest BCUT2D eigenvalue weighted by Gasteiger charge is 2.38. The van der Waals surface area contributed by atoms with Gasteiger partial charge in [-0.1, -0.05) is 19.8 Å². The molecule has 2 rings (SSSR count). The first-order valence-corrected chi connectivity index (χ1v) is 12.4. The van der Waals surface area contributed by atoms with E-state index in [0.29, 0.717) is 12.8 Å². The molecule has 0 aromatic rings. The summed E-state index contributed by atoms with van der Waals surface area (Å²) in [6, 6.07) is 2.90. The third-order valence-electron chi connectivity index (χ3n) is 6.40. The zero-order valence-electron chi connectivity index (χ0n) is 17.0. The van der Waals surface area contributed by atoms with E-state index in [1.54, 1.807) is 21.2 Å². The molecule has 0 spiro atoms. The van der Waals surface area contributed by atoms with Crippen LogP contribution in [0.25, 0.3) is 0 Å². The first-order chi connectivity index (χ1) is 12.7. The third-order valence-corrected chi connectivity index (χ3v) is 11.1. The molecule has 0 radical (unpaired) electrons. The fourth-order valence-electron chi connectivity index (χ4n) is 4.28. The molecule has 0 aromatic heterocycles. The van der Waals surface area contributed by atoms with Crippen LogP contribution in [0.15, 0.2) is 0 Å². The van der Waals surface area contributed by atoms with Gasteiger partial charge in [0.05, 0.1) is 0 Å². The summed E-state index contributed by atoms with van der Waals surface area (Å²) in [5, 5.41) is 0. The maximum absolute atomic E-state index is 12.0. The van der Waals surface area contributed by atoms with Crippen LogP contribution in [-0.4, -0.2) is 63.0 Å². The highest BCUT2D eigenvalue weighted by molar-refractivity contribution is 6.73. The van der Waals surface area contributed by atoms with Gasteiger partial charge in [0.1, 0.15) is 0 Å². The highest BCUT2D eigenvalue weighted by Crippen LogP contribution is 2.32. The Morgan fingerprint density at radius 2 is 1.30 bits per heavy atom. The Hall–Kier alpha value is -1.54. The minimum Gasteiger partial charge on any atom is -0.420 e.